The highest BCUT2D eigenvalue weighted by Gasteiger charge is 2.07. The normalized spacial score (nSPS) is 10.5. The predicted molar refractivity (Wildman–Crippen MR) is 84.3 cm³/mol. The molecule has 0 atom stereocenters. The molecule has 0 aliphatic rings. The maximum absolute atomic E-state index is 11.9. The van der Waals surface area contributed by atoms with Crippen LogP contribution in [0.5, 0.6) is 0 Å². The first kappa shape index (κ1) is 15.3. The number of hydrogen-bond donors (Lipinski definition) is 2. The molecule has 2 aromatic heterocycles. The smallest absolute Gasteiger partial charge is 0.255 e. The Hall–Kier alpha value is -2.11. The number of aliphatic hydroxyl groups is 1. The summed E-state index contributed by atoms with van der Waals surface area (Å²) in [6.45, 7) is 0.151. The largest absolute Gasteiger partial charge is 0.396 e. The first-order valence-corrected chi connectivity index (χ1v) is 6.55. The summed E-state index contributed by atoms with van der Waals surface area (Å²) in [7, 11) is 0. The van der Waals surface area contributed by atoms with E-state index in [1.165, 1.54) is 6.07 Å². The predicted octanol–water partition coefficient (Wildman–Crippen LogP) is 2.06. The van der Waals surface area contributed by atoms with E-state index in [1.807, 2.05) is 24.3 Å². The van der Waals surface area contributed by atoms with Gasteiger partial charge in [0.1, 0.15) is 0 Å². The quantitative estimate of drug-likeness (QED) is 0.775. The minimum Gasteiger partial charge on any atom is -0.396 e. The van der Waals surface area contributed by atoms with Crippen LogP contribution in [-0.4, -0.2) is 26.5 Å². The van der Waals surface area contributed by atoms with Gasteiger partial charge in [-0.25, -0.2) is 0 Å². The number of nitrogens with one attached hydrogen (secondary N) is 1. The minimum absolute atomic E-state index is 0. The van der Waals surface area contributed by atoms with Crippen molar-refractivity contribution in [1.29, 1.82) is 0 Å². The highest BCUT2D eigenvalue weighted by molar-refractivity contribution is 5.85. The Labute approximate surface area is 127 Å². The van der Waals surface area contributed by atoms with Crippen molar-refractivity contribution in [3.8, 4) is 5.69 Å². The average molecular weight is 306 g/mol. The molecule has 0 aliphatic carbocycles. The molecule has 3 aromatic rings. The third kappa shape index (κ3) is 2.99. The van der Waals surface area contributed by atoms with E-state index in [0.29, 0.717) is 6.42 Å². The van der Waals surface area contributed by atoms with Gasteiger partial charge in [0, 0.05) is 35.6 Å². The average Bonchev–Trinajstić information content (AvgIpc) is 2.88. The zero-order valence-corrected chi connectivity index (χ0v) is 12.1. The fourth-order valence-electron chi connectivity index (χ4n) is 2.29. The second-order valence-electron chi connectivity index (χ2n) is 4.64. The molecule has 3 rings (SSSR count). The second-order valence-corrected chi connectivity index (χ2v) is 4.64. The van der Waals surface area contributed by atoms with Gasteiger partial charge in [-0.3, -0.25) is 14.5 Å². The molecule has 6 heteroatoms. The third-order valence-electron chi connectivity index (χ3n) is 3.30. The number of aromatic nitrogens is 3. The lowest BCUT2D eigenvalue weighted by Crippen LogP contribution is -2.15. The number of aliphatic hydroxyl groups excluding tert-OH is 1. The number of rotatable bonds is 4. The molecular weight excluding hydrogens is 290 g/mol. The maximum atomic E-state index is 11.9. The highest BCUT2D eigenvalue weighted by Crippen LogP contribution is 2.20. The topological polar surface area (TPSA) is 70.9 Å². The summed E-state index contributed by atoms with van der Waals surface area (Å²) in [5, 5.41) is 17.1. The number of fused-ring (bicyclic) bond motifs is 1. The van der Waals surface area contributed by atoms with Crippen LogP contribution in [0.3, 0.4) is 0 Å². The van der Waals surface area contributed by atoms with Crippen molar-refractivity contribution in [1.82, 2.24) is 14.8 Å². The minimum atomic E-state index is -0.0627. The van der Waals surface area contributed by atoms with Crippen LogP contribution in [-0.2, 0) is 6.42 Å². The van der Waals surface area contributed by atoms with Gasteiger partial charge in [-0.2, -0.15) is 5.10 Å². The fourth-order valence-corrected chi connectivity index (χ4v) is 2.29. The molecule has 1 aromatic carbocycles. The van der Waals surface area contributed by atoms with Gasteiger partial charge in [0.15, 0.2) is 0 Å². The van der Waals surface area contributed by atoms with E-state index in [0.717, 1.165) is 28.7 Å². The van der Waals surface area contributed by atoms with E-state index >= 15 is 0 Å². The summed E-state index contributed by atoms with van der Waals surface area (Å²) < 4.78 is 1.60. The number of nitrogens with zero attached hydrogens (tertiary/aromatic N) is 2. The molecular formula is C15H16ClN3O2. The van der Waals surface area contributed by atoms with Gasteiger partial charge in [-0.1, -0.05) is 6.07 Å². The van der Waals surface area contributed by atoms with Crippen molar-refractivity contribution in [2.75, 3.05) is 6.61 Å². The molecule has 0 saturated carbocycles. The molecule has 0 amide bonds. The van der Waals surface area contributed by atoms with Crippen LogP contribution in [0.15, 0.2) is 47.4 Å². The van der Waals surface area contributed by atoms with E-state index in [9.17, 15) is 4.79 Å². The standard InChI is InChI=1S/C15H15N3O2.ClH/c19-9-3-4-13-12-10-11(6-7-14(12)17-16-13)18-8-2-1-5-15(18)20;/h1-2,5-8,10,19H,3-4,9H2,(H,16,17);1H. The van der Waals surface area contributed by atoms with Crippen LogP contribution < -0.4 is 5.56 Å². The van der Waals surface area contributed by atoms with Crippen LogP contribution in [0, 0.1) is 0 Å². The molecule has 0 radical (unpaired) electrons. The van der Waals surface area contributed by atoms with Crippen molar-refractivity contribution >= 4 is 23.3 Å². The highest BCUT2D eigenvalue weighted by atomic mass is 35.5. The van der Waals surface area contributed by atoms with Gasteiger partial charge in [0.05, 0.1) is 5.52 Å². The summed E-state index contributed by atoms with van der Waals surface area (Å²) in [6.07, 6.45) is 3.17. The van der Waals surface area contributed by atoms with Gasteiger partial charge in [0.25, 0.3) is 5.56 Å². The molecule has 21 heavy (non-hydrogen) atoms. The lowest BCUT2D eigenvalue weighted by molar-refractivity contribution is 0.288. The van der Waals surface area contributed by atoms with E-state index in [4.69, 9.17) is 5.11 Å². The first-order chi connectivity index (χ1) is 9.79. The summed E-state index contributed by atoms with van der Waals surface area (Å²) in [4.78, 5) is 11.9. The fraction of sp³-hybridized carbons (Fsp3) is 0.200. The van der Waals surface area contributed by atoms with Gasteiger partial charge >= 0.3 is 0 Å². The van der Waals surface area contributed by atoms with Gasteiger partial charge in [-0.05, 0) is 37.1 Å². The first-order valence-electron chi connectivity index (χ1n) is 6.55. The maximum Gasteiger partial charge on any atom is 0.255 e. The Kier molecular flexibility index (Phi) is 4.77. The second kappa shape index (κ2) is 6.56. The van der Waals surface area contributed by atoms with Crippen molar-refractivity contribution in [2.45, 2.75) is 12.8 Å². The Morgan fingerprint density at radius 2 is 2.10 bits per heavy atom. The molecule has 0 spiro atoms. The number of hydrogen-bond acceptors (Lipinski definition) is 3. The van der Waals surface area contributed by atoms with Gasteiger partial charge < -0.3 is 5.11 Å². The van der Waals surface area contributed by atoms with Crippen LogP contribution in [0.2, 0.25) is 0 Å². The summed E-state index contributed by atoms with van der Waals surface area (Å²) in [5.74, 6) is 0. The van der Waals surface area contributed by atoms with Crippen LogP contribution in [0.25, 0.3) is 16.6 Å². The van der Waals surface area contributed by atoms with Crippen LogP contribution in [0.4, 0.5) is 0 Å². The molecule has 0 unspecified atom stereocenters. The number of aromatic amines is 1. The van der Waals surface area contributed by atoms with E-state index in [2.05, 4.69) is 10.2 Å². The number of aryl methyl sites for hydroxylation is 1. The summed E-state index contributed by atoms with van der Waals surface area (Å²) in [5.41, 5.74) is 2.60. The molecule has 0 bridgehead atoms. The van der Waals surface area contributed by atoms with E-state index in [1.54, 1.807) is 16.8 Å². The number of benzene rings is 1. The summed E-state index contributed by atoms with van der Waals surface area (Å²) in [6, 6.07) is 10.8. The van der Waals surface area contributed by atoms with E-state index < -0.39 is 0 Å². The SMILES string of the molecule is Cl.O=c1ccccn1-c1ccc2n[nH]c(CCCO)c2c1. The van der Waals surface area contributed by atoms with Crippen molar-refractivity contribution in [3.05, 3.63) is 58.6 Å². The molecule has 110 valence electrons. The lowest BCUT2D eigenvalue weighted by Gasteiger charge is -2.05. The van der Waals surface area contributed by atoms with Crippen LogP contribution in [0.1, 0.15) is 12.1 Å². The number of pyridine rings is 1. The number of H-pyrrole nitrogens is 1. The van der Waals surface area contributed by atoms with Crippen molar-refractivity contribution in [3.63, 3.8) is 0 Å². The molecule has 0 fully saturated rings. The zero-order chi connectivity index (χ0) is 13.9. The third-order valence-corrected chi connectivity index (χ3v) is 3.30. The number of halogens is 1. The molecule has 2 N–H and O–H groups in total. The van der Waals surface area contributed by atoms with Gasteiger partial charge in [-0.15, -0.1) is 12.4 Å². The molecule has 0 saturated heterocycles. The zero-order valence-electron chi connectivity index (χ0n) is 11.3. The Bertz CT molecular complexity index is 795. The van der Waals surface area contributed by atoms with E-state index in [-0.39, 0.29) is 24.6 Å². The Balaban J connectivity index is 0.00000161. The molecule has 2 heterocycles. The Morgan fingerprint density at radius 1 is 1.24 bits per heavy atom. The molecule has 5 nitrogen and oxygen atoms in total. The lowest BCUT2D eigenvalue weighted by atomic mass is 10.1. The molecule has 0 aliphatic heterocycles. The van der Waals surface area contributed by atoms with Crippen molar-refractivity contribution in [2.24, 2.45) is 0 Å². The monoisotopic (exact) mass is 305 g/mol. The summed E-state index contributed by atoms with van der Waals surface area (Å²) >= 11 is 0. The van der Waals surface area contributed by atoms with Gasteiger partial charge in [0.2, 0.25) is 0 Å². The van der Waals surface area contributed by atoms with Crippen molar-refractivity contribution < 1.29 is 5.11 Å². The van der Waals surface area contributed by atoms with Crippen LogP contribution >= 0.6 is 12.4 Å². The Morgan fingerprint density at radius 3 is 2.86 bits per heavy atom.